The molecular formula is C15H20Cl2N4O2. The zero-order chi connectivity index (χ0) is 14.7. The van der Waals surface area contributed by atoms with Gasteiger partial charge < -0.3 is 15.2 Å². The molecule has 3 heterocycles. The van der Waals surface area contributed by atoms with Crippen LogP contribution in [0.25, 0.3) is 11.3 Å². The second-order valence-corrected chi connectivity index (χ2v) is 5.28. The van der Waals surface area contributed by atoms with Gasteiger partial charge in [-0.05, 0) is 38.4 Å². The van der Waals surface area contributed by atoms with Crippen molar-refractivity contribution in [3.63, 3.8) is 0 Å². The van der Waals surface area contributed by atoms with Crippen molar-refractivity contribution in [3.8, 4) is 11.3 Å². The van der Waals surface area contributed by atoms with Gasteiger partial charge in [0.15, 0.2) is 11.5 Å². The van der Waals surface area contributed by atoms with Crippen molar-refractivity contribution in [2.45, 2.75) is 31.8 Å². The molecule has 1 amide bonds. The second-order valence-electron chi connectivity index (χ2n) is 5.28. The Morgan fingerprint density at radius 1 is 1.35 bits per heavy atom. The fourth-order valence-corrected chi connectivity index (χ4v) is 2.52. The molecular weight excluding hydrogens is 339 g/mol. The zero-order valence-corrected chi connectivity index (χ0v) is 14.3. The maximum absolute atomic E-state index is 12.2. The summed E-state index contributed by atoms with van der Waals surface area (Å²) in [5.74, 6) is 0.372. The van der Waals surface area contributed by atoms with Gasteiger partial charge >= 0.3 is 0 Å². The molecule has 0 radical (unpaired) electrons. The highest BCUT2D eigenvalue weighted by Crippen LogP contribution is 2.19. The van der Waals surface area contributed by atoms with E-state index in [4.69, 9.17) is 4.52 Å². The normalized spacial score (nSPS) is 20.0. The van der Waals surface area contributed by atoms with Crippen LogP contribution < -0.4 is 10.6 Å². The van der Waals surface area contributed by atoms with Crippen LogP contribution in [-0.2, 0) is 0 Å². The summed E-state index contributed by atoms with van der Waals surface area (Å²) in [6.45, 7) is 3.08. The first-order valence-electron chi connectivity index (χ1n) is 7.15. The van der Waals surface area contributed by atoms with E-state index in [1.54, 1.807) is 18.5 Å². The molecule has 0 aromatic carbocycles. The molecule has 6 nitrogen and oxygen atoms in total. The van der Waals surface area contributed by atoms with E-state index in [1.807, 2.05) is 12.1 Å². The maximum Gasteiger partial charge on any atom is 0.273 e. The van der Waals surface area contributed by atoms with E-state index >= 15 is 0 Å². The first kappa shape index (κ1) is 19.4. The lowest BCUT2D eigenvalue weighted by molar-refractivity contribution is 0.0910. The third kappa shape index (κ3) is 4.67. The van der Waals surface area contributed by atoms with Crippen LogP contribution in [0.15, 0.2) is 35.1 Å². The standard InChI is InChI=1S/C15H18N4O2.2ClH/c1-10-12(3-2-6-17-10)18-15(20)13-9-14(21-19-13)11-4-7-16-8-5-11;;/h4-5,7-10,12,17H,2-3,6H2,1H3,(H,18,20);2*1H. The molecule has 2 unspecified atom stereocenters. The summed E-state index contributed by atoms with van der Waals surface area (Å²) in [5, 5.41) is 10.2. The van der Waals surface area contributed by atoms with Crippen LogP contribution in [0.2, 0.25) is 0 Å². The smallest absolute Gasteiger partial charge is 0.273 e. The number of halogens is 2. The molecule has 23 heavy (non-hydrogen) atoms. The first-order chi connectivity index (χ1) is 10.2. The Bertz CT molecular complexity index is 621. The summed E-state index contributed by atoms with van der Waals surface area (Å²) >= 11 is 0. The lowest BCUT2D eigenvalue weighted by atomic mass is 10.00. The average molecular weight is 359 g/mol. The predicted molar refractivity (Wildman–Crippen MR) is 92.2 cm³/mol. The zero-order valence-electron chi connectivity index (χ0n) is 12.7. The molecule has 0 aliphatic carbocycles. The molecule has 0 bridgehead atoms. The van der Waals surface area contributed by atoms with Crippen molar-refractivity contribution in [2.24, 2.45) is 0 Å². The molecule has 3 rings (SSSR count). The van der Waals surface area contributed by atoms with Crippen molar-refractivity contribution >= 4 is 30.7 Å². The molecule has 8 heteroatoms. The Morgan fingerprint density at radius 3 is 2.78 bits per heavy atom. The molecule has 1 fully saturated rings. The number of amides is 1. The van der Waals surface area contributed by atoms with Gasteiger partial charge in [0.2, 0.25) is 0 Å². The van der Waals surface area contributed by atoms with E-state index in [-0.39, 0.29) is 42.8 Å². The number of nitrogens with one attached hydrogen (secondary N) is 2. The van der Waals surface area contributed by atoms with Crippen molar-refractivity contribution in [1.29, 1.82) is 0 Å². The van der Waals surface area contributed by atoms with E-state index in [9.17, 15) is 4.79 Å². The van der Waals surface area contributed by atoms with Gasteiger partial charge in [-0.2, -0.15) is 0 Å². The molecule has 2 aromatic rings. The van der Waals surface area contributed by atoms with Crippen LogP contribution in [0.4, 0.5) is 0 Å². The quantitative estimate of drug-likeness (QED) is 0.880. The van der Waals surface area contributed by atoms with Gasteiger partial charge in [0.1, 0.15) is 0 Å². The van der Waals surface area contributed by atoms with E-state index in [1.165, 1.54) is 0 Å². The van der Waals surface area contributed by atoms with E-state index < -0.39 is 0 Å². The Balaban J connectivity index is 0.00000132. The average Bonchev–Trinajstić information content (AvgIpc) is 3.00. The number of hydrogen-bond acceptors (Lipinski definition) is 5. The number of carbonyl (C=O) groups excluding carboxylic acids is 1. The molecule has 0 spiro atoms. The summed E-state index contributed by atoms with van der Waals surface area (Å²) in [6.07, 6.45) is 5.39. The molecule has 2 atom stereocenters. The number of rotatable bonds is 3. The number of piperidine rings is 1. The van der Waals surface area contributed by atoms with Gasteiger partial charge in [-0.15, -0.1) is 24.8 Å². The molecule has 2 aromatic heterocycles. The van der Waals surface area contributed by atoms with Gasteiger partial charge in [0.25, 0.3) is 5.91 Å². The van der Waals surface area contributed by atoms with Crippen LogP contribution in [0.1, 0.15) is 30.3 Å². The highest BCUT2D eigenvalue weighted by atomic mass is 35.5. The fourth-order valence-electron chi connectivity index (χ4n) is 2.52. The largest absolute Gasteiger partial charge is 0.355 e. The predicted octanol–water partition coefficient (Wildman–Crippen LogP) is 2.45. The summed E-state index contributed by atoms with van der Waals surface area (Å²) in [5.41, 5.74) is 1.16. The molecule has 0 saturated carbocycles. The summed E-state index contributed by atoms with van der Waals surface area (Å²) in [7, 11) is 0. The van der Waals surface area contributed by atoms with E-state index in [0.29, 0.717) is 11.5 Å². The number of aromatic nitrogens is 2. The van der Waals surface area contributed by atoms with Crippen molar-refractivity contribution < 1.29 is 9.32 Å². The number of nitrogens with zero attached hydrogens (tertiary/aromatic N) is 2. The fraction of sp³-hybridized carbons (Fsp3) is 0.400. The highest BCUT2D eigenvalue weighted by Gasteiger charge is 2.24. The lowest BCUT2D eigenvalue weighted by Crippen LogP contribution is -2.51. The molecule has 126 valence electrons. The van der Waals surface area contributed by atoms with Crippen LogP contribution in [0, 0.1) is 0 Å². The monoisotopic (exact) mass is 358 g/mol. The van der Waals surface area contributed by atoms with Crippen LogP contribution in [0.5, 0.6) is 0 Å². The van der Waals surface area contributed by atoms with Crippen LogP contribution in [-0.4, -0.2) is 34.7 Å². The Labute approximate surface area is 147 Å². The van der Waals surface area contributed by atoms with Gasteiger partial charge in [-0.1, -0.05) is 5.16 Å². The second kappa shape index (κ2) is 8.86. The van der Waals surface area contributed by atoms with E-state index in [2.05, 4.69) is 27.7 Å². The molecule has 2 N–H and O–H groups in total. The number of carbonyl (C=O) groups is 1. The lowest BCUT2D eigenvalue weighted by Gasteiger charge is -2.30. The minimum Gasteiger partial charge on any atom is -0.355 e. The summed E-state index contributed by atoms with van der Waals surface area (Å²) in [6, 6.07) is 5.69. The van der Waals surface area contributed by atoms with Crippen LogP contribution >= 0.6 is 24.8 Å². The maximum atomic E-state index is 12.2. The Kier molecular flexibility index (Phi) is 7.48. The van der Waals surface area contributed by atoms with Crippen molar-refractivity contribution in [1.82, 2.24) is 20.8 Å². The highest BCUT2D eigenvalue weighted by molar-refractivity contribution is 5.93. The van der Waals surface area contributed by atoms with Crippen LogP contribution in [0.3, 0.4) is 0 Å². The molecule has 1 saturated heterocycles. The molecule has 1 aliphatic rings. The van der Waals surface area contributed by atoms with Gasteiger partial charge in [0, 0.05) is 36.1 Å². The van der Waals surface area contributed by atoms with Gasteiger partial charge in [0.05, 0.1) is 0 Å². The third-order valence-electron chi connectivity index (χ3n) is 3.79. The van der Waals surface area contributed by atoms with Gasteiger partial charge in [-0.3, -0.25) is 9.78 Å². The summed E-state index contributed by atoms with van der Waals surface area (Å²) < 4.78 is 5.23. The topological polar surface area (TPSA) is 80.0 Å². The van der Waals surface area contributed by atoms with Gasteiger partial charge in [-0.25, -0.2) is 0 Å². The molecule has 1 aliphatic heterocycles. The van der Waals surface area contributed by atoms with Crippen molar-refractivity contribution in [3.05, 3.63) is 36.3 Å². The first-order valence-corrected chi connectivity index (χ1v) is 7.15. The Morgan fingerprint density at radius 2 is 2.09 bits per heavy atom. The Hall–Kier alpha value is -1.63. The van der Waals surface area contributed by atoms with Crippen molar-refractivity contribution in [2.75, 3.05) is 6.54 Å². The SMILES string of the molecule is CC1NCCCC1NC(=O)c1cc(-c2ccncc2)on1.Cl.Cl. The summed E-state index contributed by atoms with van der Waals surface area (Å²) in [4.78, 5) is 16.2. The third-order valence-corrected chi connectivity index (χ3v) is 3.79. The van der Waals surface area contributed by atoms with E-state index in [0.717, 1.165) is 24.9 Å². The number of pyridine rings is 1. The minimum absolute atomic E-state index is 0. The number of hydrogen-bond donors (Lipinski definition) is 2. The minimum atomic E-state index is -0.195.